The van der Waals surface area contributed by atoms with Gasteiger partial charge in [-0.2, -0.15) is 0 Å². The van der Waals surface area contributed by atoms with E-state index in [9.17, 15) is 9.59 Å². The summed E-state index contributed by atoms with van der Waals surface area (Å²) in [5, 5.41) is 0. The van der Waals surface area contributed by atoms with Crippen molar-refractivity contribution in [2.45, 2.75) is 6.42 Å². The van der Waals surface area contributed by atoms with Crippen LogP contribution in [-0.2, 0) is 14.3 Å². The highest BCUT2D eigenvalue weighted by atomic mass is 16.5. The first-order valence-corrected chi connectivity index (χ1v) is 7.38. The fourth-order valence-corrected chi connectivity index (χ4v) is 2.29. The second-order valence-corrected chi connectivity index (χ2v) is 5.04. The zero-order valence-electron chi connectivity index (χ0n) is 12.8. The lowest BCUT2D eigenvalue weighted by Crippen LogP contribution is -2.43. The number of ether oxygens (including phenoxy) is 2. The molecule has 7 nitrogen and oxygen atoms in total. The first-order valence-electron chi connectivity index (χ1n) is 7.38. The van der Waals surface area contributed by atoms with E-state index in [2.05, 4.69) is 0 Å². The van der Waals surface area contributed by atoms with E-state index in [-0.39, 0.29) is 11.8 Å². The van der Waals surface area contributed by atoms with Crippen molar-refractivity contribution >= 4 is 11.8 Å². The summed E-state index contributed by atoms with van der Waals surface area (Å²) in [4.78, 5) is 27.9. The van der Waals surface area contributed by atoms with Gasteiger partial charge in [0.15, 0.2) is 0 Å². The summed E-state index contributed by atoms with van der Waals surface area (Å²) >= 11 is 0. The predicted octanol–water partition coefficient (Wildman–Crippen LogP) is 0.617. The predicted molar refractivity (Wildman–Crippen MR) is 78.5 cm³/mol. The molecule has 0 aromatic carbocycles. The third-order valence-electron chi connectivity index (χ3n) is 3.58. The Kier molecular flexibility index (Phi) is 6.42. The van der Waals surface area contributed by atoms with Crippen LogP contribution in [0.1, 0.15) is 16.8 Å². The smallest absolute Gasteiger partial charge is 0.257 e. The minimum absolute atomic E-state index is 0.0470. The molecular weight excluding hydrogens is 288 g/mol. The van der Waals surface area contributed by atoms with Crippen molar-refractivity contribution in [2.75, 3.05) is 53.1 Å². The first kappa shape index (κ1) is 16.5. The molecule has 0 atom stereocenters. The maximum absolute atomic E-state index is 12.4. The number of hydrogen-bond donors (Lipinski definition) is 0. The number of carbonyl (C=O) groups excluding carboxylic acids is 2. The van der Waals surface area contributed by atoms with Crippen LogP contribution in [0.5, 0.6) is 0 Å². The molecule has 0 bridgehead atoms. The average Bonchev–Trinajstić information content (AvgIpc) is 3.09. The number of furan rings is 1. The van der Waals surface area contributed by atoms with Gasteiger partial charge in [0.2, 0.25) is 5.91 Å². The van der Waals surface area contributed by atoms with E-state index in [4.69, 9.17) is 13.9 Å². The normalized spacial score (nSPS) is 14.9. The van der Waals surface area contributed by atoms with Gasteiger partial charge in [0, 0.05) is 39.7 Å². The van der Waals surface area contributed by atoms with Gasteiger partial charge < -0.3 is 23.7 Å². The molecule has 0 spiro atoms. The van der Waals surface area contributed by atoms with Crippen molar-refractivity contribution < 1.29 is 23.5 Å². The SMILES string of the molecule is COCCN(CCC(=O)N1CCOCC1)C(=O)c1ccoc1. The Morgan fingerprint density at radius 1 is 1.32 bits per heavy atom. The van der Waals surface area contributed by atoms with Gasteiger partial charge in [-0.05, 0) is 6.07 Å². The largest absolute Gasteiger partial charge is 0.472 e. The number of morpholine rings is 1. The summed E-state index contributed by atoms with van der Waals surface area (Å²) < 4.78 is 15.2. The molecule has 0 N–H and O–H groups in total. The molecule has 1 saturated heterocycles. The van der Waals surface area contributed by atoms with Gasteiger partial charge in [-0.25, -0.2) is 0 Å². The van der Waals surface area contributed by atoms with Gasteiger partial charge >= 0.3 is 0 Å². The lowest BCUT2D eigenvalue weighted by Gasteiger charge is -2.28. The molecule has 22 heavy (non-hydrogen) atoms. The number of hydrogen-bond acceptors (Lipinski definition) is 5. The summed E-state index contributed by atoms with van der Waals surface area (Å²) in [6.07, 6.45) is 3.17. The molecule has 2 rings (SSSR count). The Labute approximate surface area is 129 Å². The highest BCUT2D eigenvalue weighted by molar-refractivity contribution is 5.94. The number of nitrogens with zero attached hydrogens (tertiary/aromatic N) is 2. The third kappa shape index (κ3) is 4.57. The van der Waals surface area contributed by atoms with Crippen LogP contribution in [0.4, 0.5) is 0 Å². The molecule has 1 fully saturated rings. The highest BCUT2D eigenvalue weighted by Gasteiger charge is 2.21. The second kappa shape index (κ2) is 8.55. The lowest BCUT2D eigenvalue weighted by molar-refractivity contribution is -0.135. The highest BCUT2D eigenvalue weighted by Crippen LogP contribution is 2.08. The van der Waals surface area contributed by atoms with Gasteiger partial charge in [0.25, 0.3) is 5.91 Å². The van der Waals surface area contributed by atoms with Gasteiger partial charge in [-0.1, -0.05) is 0 Å². The number of carbonyl (C=O) groups is 2. The molecule has 0 unspecified atom stereocenters. The zero-order valence-corrected chi connectivity index (χ0v) is 12.8. The second-order valence-electron chi connectivity index (χ2n) is 5.04. The van der Waals surface area contributed by atoms with Crippen LogP contribution >= 0.6 is 0 Å². The van der Waals surface area contributed by atoms with Gasteiger partial charge in [0.1, 0.15) is 6.26 Å². The Morgan fingerprint density at radius 2 is 2.09 bits per heavy atom. The van der Waals surface area contributed by atoms with Crippen LogP contribution in [0.25, 0.3) is 0 Å². The molecule has 2 heterocycles. The molecule has 0 saturated carbocycles. The van der Waals surface area contributed by atoms with Crippen LogP contribution in [0.2, 0.25) is 0 Å². The summed E-state index contributed by atoms with van der Waals surface area (Å²) in [5.74, 6) is -0.105. The van der Waals surface area contributed by atoms with Crippen LogP contribution in [0.3, 0.4) is 0 Å². The van der Waals surface area contributed by atoms with Crippen molar-refractivity contribution in [1.82, 2.24) is 9.80 Å². The molecule has 1 aromatic rings. The summed E-state index contributed by atoms with van der Waals surface area (Å²) in [6, 6.07) is 1.62. The molecule has 1 aliphatic heterocycles. The van der Waals surface area contributed by atoms with E-state index in [0.29, 0.717) is 58.0 Å². The van der Waals surface area contributed by atoms with E-state index in [1.165, 1.54) is 12.5 Å². The van der Waals surface area contributed by atoms with Crippen molar-refractivity contribution in [2.24, 2.45) is 0 Å². The molecule has 1 aromatic heterocycles. The van der Waals surface area contributed by atoms with Gasteiger partial charge in [0.05, 0.1) is 31.6 Å². The van der Waals surface area contributed by atoms with Crippen LogP contribution in [0, 0.1) is 0 Å². The molecule has 1 aliphatic rings. The van der Waals surface area contributed by atoms with Crippen LogP contribution in [0.15, 0.2) is 23.0 Å². The Morgan fingerprint density at radius 3 is 2.73 bits per heavy atom. The zero-order chi connectivity index (χ0) is 15.8. The molecule has 7 heteroatoms. The molecule has 2 amide bonds. The summed E-state index contributed by atoms with van der Waals surface area (Å²) in [5.41, 5.74) is 0.481. The molecule has 122 valence electrons. The standard InChI is InChI=1S/C15H22N2O5/c1-20-9-5-17(15(19)13-3-8-22-12-13)4-2-14(18)16-6-10-21-11-7-16/h3,8,12H,2,4-7,9-11H2,1H3. The fourth-order valence-electron chi connectivity index (χ4n) is 2.29. The Hall–Kier alpha value is -1.86. The number of methoxy groups -OCH3 is 1. The Bertz CT molecular complexity index is 468. The quantitative estimate of drug-likeness (QED) is 0.738. The monoisotopic (exact) mass is 310 g/mol. The summed E-state index contributed by atoms with van der Waals surface area (Å²) in [7, 11) is 1.58. The fraction of sp³-hybridized carbons (Fsp3) is 0.600. The van der Waals surface area contributed by atoms with Gasteiger partial charge in [-0.3, -0.25) is 9.59 Å². The number of amides is 2. The topological polar surface area (TPSA) is 72.2 Å². The van der Waals surface area contributed by atoms with E-state index < -0.39 is 0 Å². The van der Waals surface area contributed by atoms with Crippen LogP contribution < -0.4 is 0 Å². The molecular formula is C15H22N2O5. The van der Waals surface area contributed by atoms with Gasteiger partial charge in [-0.15, -0.1) is 0 Å². The maximum Gasteiger partial charge on any atom is 0.257 e. The Balaban J connectivity index is 1.88. The molecule has 0 radical (unpaired) electrons. The average molecular weight is 310 g/mol. The van der Waals surface area contributed by atoms with Crippen molar-refractivity contribution in [3.05, 3.63) is 24.2 Å². The summed E-state index contributed by atoms with van der Waals surface area (Å²) in [6.45, 7) is 3.62. The van der Waals surface area contributed by atoms with Crippen LogP contribution in [-0.4, -0.2) is 74.7 Å². The van der Waals surface area contributed by atoms with E-state index in [1.54, 1.807) is 23.0 Å². The van der Waals surface area contributed by atoms with Crippen molar-refractivity contribution in [3.63, 3.8) is 0 Å². The number of rotatable bonds is 7. The van der Waals surface area contributed by atoms with E-state index in [1.807, 2.05) is 0 Å². The van der Waals surface area contributed by atoms with Crippen molar-refractivity contribution in [3.8, 4) is 0 Å². The third-order valence-corrected chi connectivity index (χ3v) is 3.58. The minimum Gasteiger partial charge on any atom is -0.472 e. The first-order chi connectivity index (χ1) is 10.7. The van der Waals surface area contributed by atoms with E-state index >= 15 is 0 Å². The van der Waals surface area contributed by atoms with E-state index in [0.717, 1.165) is 0 Å². The maximum atomic E-state index is 12.4. The van der Waals surface area contributed by atoms with Crippen molar-refractivity contribution in [1.29, 1.82) is 0 Å². The lowest BCUT2D eigenvalue weighted by atomic mass is 10.2. The molecule has 0 aliphatic carbocycles. The minimum atomic E-state index is -0.152.